The summed E-state index contributed by atoms with van der Waals surface area (Å²) in [4.78, 5) is 11.7. The second kappa shape index (κ2) is 10.9. The Morgan fingerprint density at radius 1 is 0.792 bits per heavy atom. The summed E-state index contributed by atoms with van der Waals surface area (Å²) < 4.78 is 13.8. The van der Waals surface area contributed by atoms with Gasteiger partial charge in [-0.25, -0.2) is 0 Å². The van der Waals surface area contributed by atoms with Crippen LogP contribution in [0.1, 0.15) is 0 Å². The summed E-state index contributed by atoms with van der Waals surface area (Å²) in [5, 5.41) is 0. The molecular weight excluding hydrogens is 413 g/mol. The zero-order valence-electron chi connectivity index (χ0n) is 15.6. The number of rotatable bonds is 12. The minimum absolute atomic E-state index is 0.157. The smallest absolute Gasteiger partial charge is 0.289 e. The van der Waals surface area contributed by atoms with Crippen molar-refractivity contribution in [3.8, 4) is 0 Å². The maximum absolute atomic E-state index is 11.7. The summed E-state index contributed by atoms with van der Waals surface area (Å²) in [6.45, 7) is 15.8. The van der Waals surface area contributed by atoms with E-state index in [2.05, 4.69) is 39.3 Å². The second-order valence-corrected chi connectivity index (χ2v) is 23.8. The van der Waals surface area contributed by atoms with Crippen LogP contribution in [0.15, 0.2) is 13.2 Å². The van der Waals surface area contributed by atoms with Crippen molar-refractivity contribution in [1.82, 2.24) is 0 Å². The lowest BCUT2D eigenvalue weighted by atomic mass is 10.9. The van der Waals surface area contributed by atoms with Crippen molar-refractivity contribution in [3.63, 3.8) is 0 Å². The van der Waals surface area contributed by atoms with Gasteiger partial charge in [0.15, 0.2) is 0 Å². The zero-order chi connectivity index (χ0) is 18.2. The first-order valence-electron chi connectivity index (χ1n) is 8.12. The van der Waals surface area contributed by atoms with E-state index in [0.29, 0.717) is 11.9 Å². The largest absolute Gasteiger partial charge is 0.371 e. The Labute approximate surface area is 164 Å². The molecule has 24 heavy (non-hydrogen) atoms. The summed E-state index contributed by atoms with van der Waals surface area (Å²) in [6, 6.07) is 2.36. The van der Waals surface area contributed by atoms with E-state index in [-0.39, 0.29) is 4.06 Å². The molecule has 0 atom stereocenters. The highest BCUT2D eigenvalue weighted by atomic mass is 32.2. The van der Waals surface area contributed by atoms with E-state index < -0.39 is 16.1 Å². The van der Waals surface area contributed by atoms with Gasteiger partial charge in [0, 0.05) is 29.4 Å². The van der Waals surface area contributed by atoms with Gasteiger partial charge in [-0.1, -0.05) is 85.5 Å². The topological polar surface area (TPSA) is 35.5 Å². The number of ether oxygens (including phenoxy) is 2. The monoisotopic (exact) mass is 442 g/mol. The number of hydrogen-bond donors (Lipinski definition) is 0. The van der Waals surface area contributed by atoms with Gasteiger partial charge in [-0.3, -0.25) is 4.79 Å². The Kier molecular flexibility index (Phi) is 10.4. The van der Waals surface area contributed by atoms with Crippen LogP contribution in [0.4, 0.5) is 0 Å². The maximum atomic E-state index is 11.7. The number of thioether (sulfide) groups is 2. The molecule has 0 bridgehead atoms. The van der Waals surface area contributed by atoms with Gasteiger partial charge in [0.05, 0.1) is 20.3 Å². The molecule has 0 saturated heterocycles. The van der Waals surface area contributed by atoms with Crippen molar-refractivity contribution in [1.29, 1.82) is 0 Å². The van der Waals surface area contributed by atoms with Crippen LogP contribution in [0, 0.1) is 0 Å². The van der Waals surface area contributed by atoms with Crippen LogP contribution in [-0.4, -0.2) is 41.2 Å². The third-order valence-corrected chi connectivity index (χ3v) is 11.3. The maximum Gasteiger partial charge on any atom is 0.289 e. The van der Waals surface area contributed by atoms with Gasteiger partial charge in [-0.2, -0.15) is 0 Å². The van der Waals surface area contributed by atoms with Gasteiger partial charge >= 0.3 is 0 Å². The molecule has 0 spiro atoms. The normalized spacial score (nSPS) is 12.8. The zero-order valence-corrected chi connectivity index (χ0v) is 20.9. The highest BCUT2D eigenvalue weighted by Gasteiger charge is 2.14. The van der Waals surface area contributed by atoms with E-state index in [9.17, 15) is 4.79 Å². The minimum atomic E-state index is -1.03. The molecule has 0 saturated carbocycles. The van der Waals surface area contributed by atoms with Gasteiger partial charge in [0.2, 0.25) is 0 Å². The van der Waals surface area contributed by atoms with Gasteiger partial charge in [-0.15, -0.1) is 0 Å². The highest BCUT2D eigenvalue weighted by molar-refractivity contribution is 8.04. The molecule has 0 aliphatic rings. The summed E-state index contributed by atoms with van der Waals surface area (Å²) in [5.41, 5.74) is 0. The molecule has 0 N–H and O–H groups in total. The predicted octanol–water partition coefficient (Wildman–Crippen LogP) is 5.98. The van der Waals surface area contributed by atoms with Crippen LogP contribution < -0.4 is 4.06 Å². The van der Waals surface area contributed by atoms with Crippen LogP contribution in [-0.2, 0) is 9.47 Å². The summed E-state index contributed by atoms with van der Waals surface area (Å²) in [5.74, 6) is 1.25. The lowest BCUT2D eigenvalue weighted by Gasteiger charge is -2.15. The molecule has 0 amide bonds. The molecule has 1 heterocycles. The third kappa shape index (κ3) is 11.5. The molecule has 0 unspecified atom stereocenters. The Hall–Kier alpha value is 0.904. The molecule has 1 aromatic rings. The summed E-state index contributed by atoms with van der Waals surface area (Å²) in [7, 11) is -2.06. The van der Waals surface area contributed by atoms with E-state index in [1.165, 1.54) is 34.8 Å². The van der Waals surface area contributed by atoms with Gasteiger partial charge < -0.3 is 9.47 Å². The summed E-state index contributed by atoms with van der Waals surface area (Å²) >= 11 is 5.94. The number of hydrogen-bond acceptors (Lipinski definition) is 7. The molecule has 3 nitrogen and oxygen atoms in total. The molecule has 140 valence electrons. The van der Waals surface area contributed by atoms with E-state index in [4.69, 9.17) is 9.47 Å². The van der Waals surface area contributed by atoms with Crippen LogP contribution in [0.25, 0.3) is 0 Å². The second-order valence-electron chi connectivity index (χ2n) is 7.99. The SMILES string of the molecule is C[Si](C)(C)CCOCSc1sc(=O)sc1SCOCC[Si](C)(C)C. The lowest BCUT2D eigenvalue weighted by Crippen LogP contribution is -2.21. The van der Waals surface area contributed by atoms with E-state index >= 15 is 0 Å². The first kappa shape index (κ1) is 22.9. The molecule has 0 fully saturated rings. The van der Waals surface area contributed by atoms with Crippen molar-refractivity contribution in [2.75, 3.05) is 25.1 Å². The minimum Gasteiger partial charge on any atom is -0.371 e. The summed E-state index contributed by atoms with van der Waals surface area (Å²) in [6.07, 6.45) is 0. The first-order valence-corrected chi connectivity index (χ1v) is 19.1. The highest BCUT2D eigenvalue weighted by Crippen LogP contribution is 2.36. The molecule has 0 radical (unpaired) electrons. The average Bonchev–Trinajstić information content (AvgIpc) is 2.75. The van der Waals surface area contributed by atoms with Crippen molar-refractivity contribution in [2.24, 2.45) is 0 Å². The fourth-order valence-electron chi connectivity index (χ4n) is 1.50. The lowest BCUT2D eigenvalue weighted by molar-refractivity contribution is 0.197. The van der Waals surface area contributed by atoms with Crippen molar-refractivity contribution >= 4 is 62.3 Å². The average molecular weight is 443 g/mol. The van der Waals surface area contributed by atoms with Crippen LogP contribution in [0.2, 0.25) is 51.4 Å². The van der Waals surface area contributed by atoms with E-state index in [0.717, 1.165) is 21.6 Å². The molecule has 0 aromatic carbocycles. The predicted molar refractivity (Wildman–Crippen MR) is 118 cm³/mol. The Bertz CT molecular complexity index is 488. The molecule has 0 aliphatic carbocycles. The van der Waals surface area contributed by atoms with Crippen LogP contribution in [0.3, 0.4) is 0 Å². The Balaban J connectivity index is 2.30. The van der Waals surface area contributed by atoms with Crippen molar-refractivity contribution < 1.29 is 9.47 Å². The van der Waals surface area contributed by atoms with Gasteiger partial charge in [0.1, 0.15) is 0 Å². The quantitative estimate of drug-likeness (QED) is 0.172. The van der Waals surface area contributed by atoms with Crippen LogP contribution >= 0.6 is 46.2 Å². The van der Waals surface area contributed by atoms with Crippen molar-refractivity contribution in [2.45, 2.75) is 59.8 Å². The van der Waals surface area contributed by atoms with Crippen LogP contribution in [0.5, 0.6) is 0 Å². The standard InChI is InChI=1S/C15H30O3S4Si2/c1-23(2,3)9-7-17-11-19-13-14(22-15(16)21-13)20-12-18-8-10-24(4,5)6/h7-12H2,1-6H3. The Morgan fingerprint density at radius 3 is 1.50 bits per heavy atom. The fraction of sp³-hybridized carbons (Fsp3) is 0.800. The molecule has 1 rings (SSSR count). The Morgan fingerprint density at radius 2 is 1.17 bits per heavy atom. The van der Waals surface area contributed by atoms with Gasteiger partial charge in [0.25, 0.3) is 4.06 Å². The molecule has 0 aliphatic heterocycles. The molecular formula is C15H30O3S4Si2. The van der Waals surface area contributed by atoms with Crippen molar-refractivity contribution in [3.05, 3.63) is 8.85 Å². The molecule has 1 aromatic heterocycles. The third-order valence-electron chi connectivity index (χ3n) is 3.06. The van der Waals surface area contributed by atoms with E-state index in [1.807, 2.05) is 0 Å². The fourth-order valence-corrected chi connectivity index (χ4v) is 7.74. The van der Waals surface area contributed by atoms with Gasteiger partial charge in [-0.05, 0) is 12.1 Å². The molecule has 9 heteroatoms. The van der Waals surface area contributed by atoms with E-state index in [1.54, 1.807) is 23.5 Å². The first-order chi connectivity index (χ1) is 11.1.